The number of rotatable bonds is 7. The molecular formula is C19H27ClN2O3. The van der Waals surface area contributed by atoms with Crippen molar-refractivity contribution in [2.75, 3.05) is 47.0 Å². The van der Waals surface area contributed by atoms with Crippen LogP contribution in [-0.2, 0) is 20.8 Å². The Balaban J connectivity index is 1.43. The summed E-state index contributed by atoms with van der Waals surface area (Å²) in [4.78, 5) is 15.5. The lowest BCUT2D eigenvalue weighted by Crippen LogP contribution is -2.64. The summed E-state index contributed by atoms with van der Waals surface area (Å²) in [6.07, 6.45) is 2.02. The second-order valence-electron chi connectivity index (χ2n) is 7.26. The maximum absolute atomic E-state index is 11.5. The van der Waals surface area contributed by atoms with Gasteiger partial charge < -0.3 is 14.4 Å². The van der Waals surface area contributed by atoms with Crippen LogP contribution in [0, 0.1) is 5.92 Å². The number of halogens is 1. The highest BCUT2D eigenvalue weighted by Crippen LogP contribution is 2.42. The summed E-state index contributed by atoms with van der Waals surface area (Å²) < 4.78 is 11.6. The minimum atomic E-state index is -0.0316. The molecule has 2 aliphatic heterocycles. The maximum atomic E-state index is 11.5. The third-order valence-corrected chi connectivity index (χ3v) is 5.64. The van der Waals surface area contributed by atoms with Crippen LogP contribution in [0.3, 0.4) is 0 Å². The van der Waals surface area contributed by atoms with Gasteiger partial charge in [0.1, 0.15) is 6.61 Å². The summed E-state index contributed by atoms with van der Waals surface area (Å²) in [5.74, 6) is 0.511. The molecule has 0 N–H and O–H groups in total. The van der Waals surface area contributed by atoms with Crippen molar-refractivity contribution in [1.29, 1.82) is 0 Å². The molecule has 2 fully saturated rings. The molecule has 0 bridgehead atoms. The van der Waals surface area contributed by atoms with Crippen molar-refractivity contribution in [3.8, 4) is 0 Å². The third-order valence-electron chi connectivity index (χ3n) is 5.27. The Hall–Kier alpha value is -1.14. The Morgan fingerprint density at radius 3 is 2.88 bits per heavy atom. The molecule has 1 atom stereocenters. The summed E-state index contributed by atoms with van der Waals surface area (Å²) in [7, 11) is 3.49. The molecule has 2 aliphatic rings. The number of likely N-dealkylation sites (tertiary alicyclic amines) is 1. The molecule has 1 aromatic carbocycles. The number of likely N-dealkylation sites (N-methyl/N-ethyl adjacent to an activating group) is 1. The van der Waals surface area contributed by atoms with Gasteiger partial charge >= 0.3 is 0 Å². The average Bonchev–Trinajstić information content (AvgIpc) is 2.96. The molecule has 3 rings (SSSR count). The zero-order valence-corrected chi connectivity index (χ0v) is 15.8. The first kappa shape index (κ1) is 18.6. The van der Waals surface area contributed by atoms with Crippen molar-refractivity contribution in [3.05, 3.63) is 34.9 Å². The van der Waals surface area contributed by atoms with E-state index >= 15 is 0 Å². The first-order chi connectivity index (χ1) is 12.0. The molecule has 1 aromatic rings. The van der Waals surface area contributed by atoms with Gasteiger partial charge in [-0.05, 0) is 30.4 Å². The number of hydrogen-bond acceptors (Lipinski definition) is 4. The second-order valence-corrected chi connectivity index (χ2v) is 7.67. The molecule has 138 valence electrons. The van der Waals surface area contributed by atoms with Crippen molar-refractivity contribution in [1.82, 2.24) is 9.80 Å². The molecule has 1 amide bonds. The summed E-state index contributed by atoms with van der Waals surface area (Å²) in [6.45, 7) is 4.34. The molecule has 2 heterocycles. The number of carbonyl (C=O) groups is 1. The minimum absolute atomic E-state index is 0.00643. The van der Waals surface area contributed by atoms with E-state index in [1.807, 2.05) is 18.2 Å². The van der Waals surface area contributed by atoms with E-state index in [9.17, 15) is 4.79 Å². The van der Waals surface area contributed by atoms with E-state index in [1.54, 1.807) is 19.0 Å². The highest BCUT2D eigenvalue weighted by Gasteiger charge is 2.52. The van der Waals surface area contributed by atoms with Crippen LogP contribution in [0.25, 0.3) is 0 Å². The summed E-state index contributed by atoms with van der Waals surface area (Å²) in [5, 5.41) is 0.825. The monoisotopic (exact) mass is 366 g/mol. The normalized spacial score (nSPS) is 22.1. The van der Waals surface area contributed by atoms with E-state index in [0.717, 1.165) is 44.1 Å². The molecule has 0 aromatic heterocycles. The molecule has 2 saturated heterocycles. The van der Waals surface area contributed by atoms with Crippen molar-refractivity contribution >= 4 is 17.5 Å². The molecule has 25 heavy (non-hydrogen) atoms. The number of nitrogens with zero attached hydrogens (tertiary/aromatic N) is 2. The Bertz CT molecular complexity index is 602. The number of benzene rings is 1. The highest BCUT2D eigenvalue weighted by molar-refractivity contribution is 6.31. The Morgan fingerprint density at radius 2 is 2.16 bits per heavy atom. The Kier molecular flexibility index (Phi) is 6.00. The number of amides is 1. The van der Waals surface area contributed by atoms with E-state index in [1.165, 1.54) is 5.56 Å². The van der Waals surface area contributed by atoms with Crippen LogP contribution in [0.2, 0.25) is 5.02 Å². The highest BCUT2D eigenvalue weighted by atomic mass is 35.5. The van der Waals surface area contributed by atoms with Gasteiger partial charge in [-0.3, -0.25) is 9.69 Å². The zero-order chi connectivity index (χ0) is 17.9. The van der Waals surface area contributed by atoms with Crippen LogP contribution < -0.4 is 0 Å². The Labute approximate surface area is 154 Å². The van der Waals surface area contributed by atoms with Crippen molar-refractivity contribution in [2.45, 2.75) is 25.0 Å². The van der Waals surface area contributed by atoms with Crippen LogP contribution in [0.5, 0.6) is 0 Å². The van der Waals surface area contributed by atoms with Gasteiger partial charge in [-0.1, -0.05) is 29.8 Å². The summed E-state index contributed by atoms with van der Waals surface area (Å²) >= 11 is 6.26. The SMILES string of the molecule is CN(C)C(=O)COCC[C@@H]1CCOC12CN(Cc1ccccc1Cl)C2. The quantitative estimate of drug-likeness (QED) is 0.695. The predicted molar refractivity (Wildman–Crippen MR) is 97.6 cm³/mol. The van der Waals surface area contributed by atoms with Gasteiger partial charge in [0.2, 0.25) is 5.91 Å². The van der Waals surface area contributed by atoms with Gasteiger partial charge in [-0.15, -0.1) is 0 Å². The molecule has 5 nitrogen and oxygen atoms in total. The van der Waals surface area contributed by atoms with Crippen LogP contribution in [0.1, 0.15) is 18.4 Å². The zero-order valence-electron chi connectivity index (χ0n) is 15.0. The van der Waals surface area contributed by atoms with Crippen LogP contribution in [-0.4, -0.2) is 68.3 Å². The van der Waals surface area contributed by atoms with Gasteiger partial charge in [-0.2, -0.15) is 0 Å². The number of hydrogen-bond donors (Lipinski definition) is 0. The van der Waals surface area contributed by atoms with Crippen LogP contribution in [0.4, 0.5) is 0 Å². The summed E-state index contributed by atoms with van der Waals surface area (Å²) in [6, 6.07) is 8.00. The third kappa shape index (κ3) is 4.34. The van der Waals surface area contributed by atoms with E-state index < -0.39 is 0 Å². The summed E-state index contributed by atoms with van der Waals surface area (Å²) in [5.41, 5.74) is 1.13. The lowest BCUT2D eigenvalue weighted by molar-refractivity contribution is -0.141. The molecule has 0 unspecified atom stereocenters. The first-order valence-electron chi connectivity index (χ1n) is 8.88. The molecule has 0 saturated carbocycles. The van der Waals surface area contributed by atoms with E-state index in [0.29, 0.717) is 12.5 Å². The van der Waals surface area contributed by atoms with Gasteiger partial charge in [0.05, 0.1) is 5.60 Å². The van der Waals surface area contributed by atoms with Crippen molar-refractivity contribution in [2.24, 2.45) is 5.92 Å². The van der Waals surface area contributed by atoms with Gasteiger partial charge in [0, 0.05) is 52.0 Å². The van der Waals surface area contributed by atoms with Crippen LogP contribution in [0.15, 0.2) is 24.3 Å². The largest absolute Gasteiger partial charge is 0.372 e. The smallest absolute Gasteiger partial charge is 0.248 e. The lowest BCUT2D eigenvalue weighted by Gasteiger charge is -2.50. The van der Waals surface area contributed by atoms with Gasteiger partial charge in [0.25, 0.3) is 0 Å². The van der Waals surface area contributed by atoms with Gasteiger partial charge in [-0.25, -0.2) is 0 Å². The minimum Gasteiger partial charge on any atom is -0.372 e. The fourth-order valence-electron chi connectivity index (χ4n) is 3.75. The topological polar surface area (TPSA) is 42.0 Å². The fourth-order valence-corrected chi connectivity index (χ4v) is 3.94. The standard InChI is InChI=1S/C19H27ClN2O3/c1-21(2)18(23)12-24-9-7-16-8-10-25-19(16)13-22(14-19)11-15-5-3-4-6-17(15)20/h3-6,16H,7-14H2,1-2H3/t16-/m1/s1. The first-order valence-corrected chi connectivity index (χ1v) is 9.25. The Morgan fingerprint density at radius 1 is 1.40 bits per heavy atom. The van der Waals surface area contributed by atoms with Gasteiger partial charge in [0.15, 0.2) is 0 Å². The maximum Gasteiger partial charge on any atom is 0.248 e. The van der Waals surface area contributed by atoms with E-state index in [4.69, 9.17) is 21.1 Å². The lowest BCUT2D eigenvalue weighted by atomic mass is 9.79. The predicted octanol–water partition coefficient (Wildman–Crippen LogP) is 2.43. The number of ether oxygens (including phenoxy) is 2. The van der Waals surface area contributed by atoms with Crippen molar-refractivity contribution < 1.29 is 14.3 Å². The molecule has 1 spiro atoms. The second kappa shape index (κ2) is 8.04. The van der Waals surface area contributed by atoms with E-state index in [-0.39, 0.29) is 18.1 Å². The molecular weight excluding hydrogens is 340 g/mol. The number of carbonyl (C=O) groups excluding carboxylic acids is 1. The average molecular weight is 367 g/mol. The molecule has 6 heteroatoms. The van der Waals surface area contributed by atoms with Crippen LogP contribution >= 0.6 is 11.6 Å². The van der Waals surface area contributed by atoms with E-state index in [2.05, 4.69) is 11.0 Å². The molecule has 0 aliphatic carbocycles. The molecule has 0 radical (unpaired) electrons. The fraction of sp³-hybridized carbons (Fsp3) is 0.632. The van der Waals surface area contributed by atoms with Crippen molar-refractivity contribution in [3.63, 3.8) is 0 Å².